The number of fused-ring (bicyclic) bond motifs is 1. The summed E-state index contributed by atoms with van der Waals surface area (Å²) < 4.78 is 16.7. The van der Waals surface area contributed by atoms with Gasteiger partial charge in [0.15, 0.2) is 5.06 Å². The molecule has 4 rings (SSSR count). The smallest absolute Gasteiger partial charge is 0.254 e. The maximum Gasteiger partial charge on any atom is 0.254 e. The highest BCUT2D eigenvalue weighted by Gasteiger charge is 2.34. The van der Waals surface area contributed by atoms with Crippen molar-refractivity contribution in [1.82, 2.24) is 4.90 Å². The van der Waals surface area contributed by atoms with Crippen molar-refractivity contribution < 1.29 is 19.0 Å². The van der Waals surface area contributed by atoms with Crippen LogP contribution < -0.4 is 14.2 Å². The number of hydrogen-bond donors (Lipinski definition) is 0. The van der Waals surface area contributed by atoms with Crippen molar-refractivity contribution in [1.29, 1.82) is 0 Å². The Morgan fingerprint density at radius 2 is 1.87 bits per heavy atom. The normalized spacial score (nSPS) is 15.4. The Labute approximate surface area is 184 Å². The van der Waals surface area contributed by atoms with Crippen LogP contribution in [-0.2, 0) is 6.42 Å². The molecule has 1 atom stereocenters. The summed E-state index contributed by atoms with van der Waals surface area (Å²) in [4.78, 5) is 16.4. The SMILES string of the molecule is COc1ccc(OCC2c3cc(OC)sc3CCN2C(=O)c2cccc(Cl)c2)cc1. The van der Waals surface area contributed by atoms with E-state index in [-0.39, 0.29) is 11.9 Å². The summed E-state index contributed by atoms with van der Waals surface area (Å²) >= 11 is 7.74. The molecule has 0 N–H and O–H groups in total. The molecule has 1 aliphatic rings. The van der Waals surface area contributed by atoms with Crippen molar-refractivity contribution in [3.05, 3.63) is 75.6 Å². The number of halogens is 1. The predicted octanol–water partition coefficient (Wildman–Crippen LogP) is 5.24. The number of carbonyl (C=O) groups excluding carboxylic acids is 1. The van der Waals surface area contributed by atoms with Gasteiger partial charge in [-0.05, 0) is 60.5 Å². The number of amides is 1. The minimum atomic E-state index is -0.220. The largest absolute Gasteiger partial charge is 0.497 e. The minimum Gasteiger partial charge on any atom is -0.497 e. The molecule has 2 heterocycles. The zero-order chi connectivity index (χ0) is 21.1. The zero-order valence-corrected chi connectivity index (χ0v) is 18.3. The number of ether oxygens (including phenoxy) is 3. The summed E-state index contributed by atoms with van der Waals surface area (Å²) in [7, 11) is 3.29. The zero-order valence-electron chi connectivity index (χ0n) is 16.8. The number of thiophene rings is 1. The summed E-state index contributed by atoms with van der Waals surface area (Å²) in [5.41, 5.74) is 1.65. The average Bonchev–Trinajstić information content (AvgIpc) is 3.21. The lowest BCUT2D eigenvalue weighted by atomic mass is 9.99. The second-order valence-electron chi connectivity index (χ2n) is 6.91. The number of methoxy groups -OCH3 is 2. The molecule has 1 aromatic heterocycles. The van der Waals surface area contributed by atoms with Crippen molar-refractivity contribution in [2.45, 2.75) is 12.5 Å². The first-order valence-corrected chi connectivity index (χ1v) is 10.8. The Bertz CT molecular complexity index is 1030. The van der Waals surface area contributed by atoms with Crippen LogP contribution in [0.2, 0.25) is 5.02 Å². The van der Waals surface area contributed by atoms with E-state index in [1.807, 2.05) is 35.2 Å². The fourth-order valence-electron chi connectivity index (χ4n) is 3.60. The van der Waals surface area contributed by atoms with E-state index in [1.54, 1.807) is 49.8 Å². The first-order valence-electron chi connectivity index (χ1n) is 9.59. The lowest BCUT2D eigenvalue weighted by Crippen LogP contribution is -2.42. The van der Waals surface area contributed by atoms with Gasteiger partial charge in [0.25, 0.3) is 5.91 Å². The van der Waals surface area contributed by atoms with Crippen LogP contribution in [0.5, 0.6) is 16.6 Å². The highest BCUT2D eigenvalue weighted by molar-refractivity contribution is 7.14. The van der Waals surface area contributed by atoms with Crippen LogP contribution in [0.25, 0.3) is 0 Å². The highest BCUT2D eigenvalue weighted by atomic mass is 35.5. The van der Waals surface area contributed by atoms with E-state index in [0.717, 1.165) is 28.5 Å². The Morgan fingerprint density at radius 1 is 1.10 bits per heavy atom. The van der Waals surface area contributed by atoms with Crippen LogP contribution in [0.1, 0.15) is 26.8 Å². The van der Waals surface area contributed by atoms with Gasteiger partial charge >= 0.3 is 0 Å². The van der Waals surface area contributed by atoms with Crippen LogP contribution >= 0.6 is 22.9 Å². The monoisotopic (exact) mass is 443 g/mol. The maximum absolute atomic E-state index is 13.3. The molecular weight excluding hydrogens is 422 g/mol. The molecule has 1 amide bonds. The first-order chi connectivity index (χ1) is 14.6. The fourth-order valence-corrected chi connectivity index (χ4v) is 4.81. The van der Waals surface area contributed by atoms with E-state index in [4.69, 9.17) is 25.8 Å². The highest BCUT2D eigenvalue weighted by Crippen LogP contribution is 2.40. The minimum absolute atomic E-state index is 0.0587. The third-order valence-electron chi connectivity index (χ3n) is 5.14. The molecule has 1 aliphatic heterocycles. The van der Waals surface area contributed by atoms with Gasteiger partial charge in [0.2, 0.25) is 0 Å². The molecule has 2 aromatic carbocycles. The Balaban J connectivity index is 1.61. The Hall–Kier alpha value is -2.70. The van der Waals surface area contributed by atoms with Crippen LogP contribution in [0.15, 0.2) is 54.6 Å². The van der Waals surface area contributed by atoms with Gasteiger partial charge < -0.3 is 19.1 Å². The molecule has 0 fully saturated rings. The molecule has 0 bridgehead atoms. The molecule has 0 saturated carbocycles. The Kier molecular flexibility index (Phi) is 6.16. The third kappa shape index (κ3) is 4.25. The first kappa shape index (κ1) is 20.6. The van der Waals surface area contributed by atoms with Crippen LogP contribution in [-0.4, -0.2) is 38.2 Å². The molecule has 156 valence electrons. The van der Waals surface area contributed by atoms with Crippen molar-refractivity contribution in [3.8, 4) is 16.6 Å². The van der Waals surface area contributed by atoms with Gasteiger partial charge in [-0.2, -0.15) is 0 Å². The van der Waals surface area contributed by atoms with Crippen LogP contribution in [0, 0.1) is 0 Å². The lowest BCUT2D eigenvalue weighted by molar-refractivity contribution is 0.0592. The van der Waals surface area contributed by atoms with Crippen LogP contribution in [0.3, 0.4) is 0 Å². The van der Waals surface area contributed by atoms with E-state index in [0.29, 0.717) is 23.7 Å². The van der Waals surface area contributed by atoms with E-state index < -0.39 is 0 Å². The van der Waals surface area contributed by atoms with Gasteiger partial charge in [-0.25, -0.2) is 0 Å². The molecular formula is C23H22ClNO4S. The van der Waals surface area contributed by atoms with Crippen molar-refractivity contribution in [2.24, 2.45) is 0 Å². The van der Waals surface area contributed by atoms with Crippen molar-refractivity contribution in [3.63, 3.8) is 0 Å². The maximum atomic E-state index is 13.3. The summed E-state index contributed by atoms with van der Waals surface area (Å²) in [6.07, 6.45) is 0.786. The molecule has 0 radical (unpaired) electrons. The molecule has 0 aliphatic carbocycles. The standard InChI is InChI=1S/C23H22ClNO4S/c1-27-17-6-8-18(9-7-17)29-14-20-19-13-22(28-2)30-21(19)10-11-25(20)23(26)15-4-3-5-16(24)12-15/h3-9,12-13,20H,10-11,14H2,1-2H3. The number of rotatable bonds is 6. The van der Waals surface area contributed by atoms with Crippen molar-refractivity contribution >= 4 is 28.8 Å². The van der Waals surface area contributed by atoms with Gasteiger partial charge in [-0.15, -0.1) is 11.3 Å². The second-order valence-corrected chi connectivity index (χ2v) is 8.45. The van der Waals surface area contributed by atoms with Crippen LogP contribution in [0.4, 0.5) is 0 Å². The van der Waals surface area contributed by atoms with Gasteiger partial charge in [-0.3, -0.25) is 4.79 Å². The van der Waals surface area contributed by atoms with E-state index in [1.165, 1.54) is 4.88 Å². The molecule has 5 nitrogen and oxygen atoms in total. The number of carbonyl (C=O) groups is 1. The number of nitrogens with zero attached hydrogens (tertiary/aromatic N) is 1. The van der Waals surface area contributed by atoms with Gasteiger partial charge in [-0.1, -0.05) is 17.7 Å². The summed E-state index contributed by atoms with van der Waals surface area (Å²) in [6.45, 7) is 0.949. The summed E-state index contributed by atoms with van der Waals surface area (Å²) in [6, 6.07) is 16.3. The molecule has 7 heteroatoms. The fraction of sp³-hybridized carbons (Fsp3) is 0.261. The number of hydrogen-bond acceptors (Lipinski definition) is 5. The van der Waals surface area contributed by atoms with E-state index in [9.17, 15) is 4.79 Å². The molecule has 30 heavy (non-hydrogen) atoms. The molecule has 1 unspecified atom stereocenters. The van der Waals surface area contributed by atoms with Gasteiger partial charge in [0.05, 0.1) is 20.3 Å². The molecule has 0 saturated heterocycles. The lowest BCUT2D eigenvalue weighted by Gasteiger charge is -2.35. The van der Waals surface area contributed by atoms with Crippen molar-refractivity contribution in [2.75, 3.05) is 27.4 Å². The average molecular weight is 444 g/mol. The van der Waals surface area contributed by atoms with E-state index in [2.05, 4.69) is 0 Å². The number of benzene rings is 2. The molecule has 3 aromatic rings. The predicted molar refractivity (Wildman–Crippen MR) is 118 cm³/mol. The van der Waals surface area contributed by atoms with E-state index >= 15 is 0 Å². The van der Waals surface area contributed by atoms with Gasteiger partial charge in [0.1, 0.15) is 18.1 Å². The second kappa shape index (κ2) is 8.98. The quantitative estimate of drug-likeness (QED) is 0.523. The van der Waals surface area contributed by atoms with Gasteiger partial charge in [0, 0.05) is 22.0 Å². The topological polar surface area (TPSA) is 48.0 Å². The Morgan fingerprint density at radius 3 is 2.57 bits per heavy atom. The summed E-state index contributed by atoms with van der Waals surface area (Å²) in [5.74, 6) is 1.43. The molecule has 0 spiro atoms. The third-order valence-corrected chi connectivity index (χ3v) is 6.54. The summed E-state index contributed by atoms with van der Waals surface area (Å²) in [5, 5.41) is 1.38.